The average molecular weight is 311 g/mol. The monoisotopic (exact) mass is 311 g/mol. The number of hydrogen-bond acceptors (Lipinski definition) is 4. The first kappa shape index (κ1) is 17.8. The minimum atomic E-state index is -0.139. The van der Waals surface area contributed by atoms with E-state index in [9.17, 15) is 9.59 Å². The Kier molecular flexibility index (Phi) is 7.50. The van der Waals surface area contributed by atoms with Crippen molar-refractivity contribution in [1.82, 2.24) is 15.3 Å². The molecule has 6 heteroatoms. The third-order valence-electron chi connectivity index (χ3n) is 3.28. The molecule has 0 aliphatic heterocycles. The highest BCUT2D eigenvalue weighted by Crippen LogP contribution is 2.09. The Morgan fingerprint density at radius 3 is 2.71 bits per heavy atom. The van der Waals surface area contributed by atoms with Gasteiger partial charge in [0.2, 0.25) is 5.91 Å². The van der Waals surface area contributed by atoms with Crippen molar-refractivity contribution in [3.8, 4) is 0 Å². The van der Waals surface area contributed by atoms with E-state index in [4.69, 9.17) is 0 Å². The van der Waals surface area contributed by atoms with E-state index >= 15 is 0 Å². The molecule has 0 aliphatic rings. The van der Waals surface area contributed by atoms with Gasteiger partial charge in [0.15, 0.2) is 5.16 Å². The van der Waals surface area contributed by atoms with Crippen LogP contribution in [0.5, 0.6) is 0 Å². The lowest BCUT2D eigenvalue weighted by atomic mass is 10.1. The number of aromatic amines is 1. The van der Waals surface area contributed by atoms with Gasteiger partial charge in [0.1, 0.15) is 0 Å². The number of nitrogens with zero attached hydrogens (tertiary/aromatic N) is 1. The molecule has 0 fully saturated rings. The Hall–Kier alpha value is -1.30. The van der Waals surface area contributed by atoms with Crippen LogP contribution in [0.4, 0.5) is 0 Å². The van der Waals surface area contributed by atoms with E-state index in [1.54, 1.807) is 0 Å². The number of hydrogen-bond donors (Lipinski definition) is 2. The molecule has 0 saturated carbocycles. The van der Waals surface area contributed by atoms with Crippen molar-refractivity contribution in [2.75, 3.05) is 12.8 Å². The fourth-order valence-corrected chi connectivity index (χ4v) is 2.46. The lowest BCUT2D eigenvalue weighted by Crippen LogP contribution is -2.26. The zero-order valence-electron chi connectivity index (χ0n) is 13.3. The molecule has 0 unspecified atom stereocenters. The summed E-state index contributed by atoms with van der Waals surface area (Å²) < 4.78 is 0. The van der Waals surface area contributed by atoms with Crippen LogP contribution >= 0.6 is 11.8 Å². The van der Waals surface area contributed by atoms with Crippen LogP contribution < -0.4 is 10.9 Å². The molecular formula is C15H25N3O2S. The third-order valence-corrected chi connectivity index (χ3v) is 3.86. The second kappa shape index (κ2) is 8.87. The number of carbonyl (C=O) groups is 1. The first-order valence-corrected chi connectivity index (χ1v) is 8.57. The first-order valence-electron chi connectivity index (χ1n) is 7.34. The number of rotatable bonds is 8. The summed E-state index contributed by atoms with van der Waals surface area (Å²) in [5.74, 6) is 0.649. The zero-order chi connectivity index (χ0) is 15.8. The number of amides is 1. The standard InChI is InChI=1S/C15H25N3O2S/c1-10(2)6-5-9-16-13(19)8-7-12-11(3)17-15(21-4)18-14(12)20/h10H,5-9H2,1-4H3,(H,16,19)(H,17,18,20). The predicted octanol–water partition coefficient (Wildman–Crippen LogP) is 2.29. The lowest BCUT2D eigenvalue weighted by Gasteiger charge is -2.08. The Morgan fingerprint density at radius 1 is 1.43 bits per heavy atom. The van der Waals surface area contributed by atoms with Gasteiger partial charge < -0.3 is 10.3 Å². The molecule has 1 aromatic rings. The summed E-state index contributed by atoms with van der Waals surface area (Å²) in [5, 5.41) is 3.50. The number of aromatic nitrogens is 2. The summed E-state index contributed by atoms with van der Waals surface area (Å²) in [6.07, 6.45) is 4.72. The molecule has 0 aliphatic carbocycles. The molecule has 0 spiro atoms. The van der Waals surface area contributed by atoms with Crippen LogP contribution in [-0.4, -0.2) is 28.7 Å². The Bertz CT molecular complexity index is 526. The van der Waals surface area contributed by atoms with Crippen LogP contribution in [0.25, 0.3) is 0 Å². The fraction of sp³-hybridized carbons (Fsp3) is 0.667. The summed E-state index contributed by atoms with van der Waals surface area (Å²) in [4.78, 5) is 30.7. The van der Waals surface area contributed by atoms with Gasteiger partial charge >= 0.3 is 0 Å². The summed E-state index contributed by atoms with van der Waals surface area (Å²) in [7, 11) is 0. The van der Waals surface area contributed by atoms with E-state index < -0.39 is 0 Å². The summed E-state index contributed by atoms with van der Waals surface area (Å²) >= 11 is 1.40. The molecule has 2 N–H and O–H groups in total. The Balaban J connectivity index is 2.45. The number of thioether (sulfide) groups is 1. The number of aryl methyl sites for hydroxylation is 1. The summed E-state index contributed by atoms with van der Waals surface area (Å²) in [5.41, 5.74) is 1.17. The van der Waals surface area contributed by atoms with Crippen LogP contribution in [0, 0.1) is 12.8 Å². The Morgan fingerprint density at radius 2 is 2.14 bits per heavy atom. The lowest BCUT2D eigenvalue weighted by molar-refractivity contribution is -0.121. The summed E-state index contributed by atoms with van der Waals surface area (Å²) in [6, 6.07) is 0. The van der Waals surface area contributed by atoms with Crippen molar-refractivity contribution in [3.63, 3.8) is 0 Å². The van der Waals surface area contributed by atoms with Crippen LogP contribution in [0.3, 0.4) is 0 Å². The van der Waals surface area contributed by atoms with Crippen molar-refractivity contribution in [2.24, 2.45) is 5.92 Å². The topological polar surface area (TPSA) is 74.8 Å². The largest absolute Gasteiger partial charge is 0.356 e. The highest BCUT2D eigenvalue weighted by Gasteiger charge is 2.10. The molecule has 0 radical (unpaired) electrons. The maximum Gasteiger partial charge on any atom is 0.254 e. The van der Waals surface area contributed by atoms with Gasteiger partial charge in [-0.1, -0.05) is 25.6 Å². The first-order chi connectivity index (χ1) is 9.93. The SMILES string of the molecule is CSc1nc(C)c(CCC(=O)NCCCC(C)C)c(=O)[nH]1. The molecule has 0 bridgehead atoms. The highest BCUT2D eigenvalue weighted by molar-refractivity contribution is 7.98. The van der Waals surface area contributed by atoms with Crippen molar-refractivity contribution < 1.29 is 4.79 Å². The van der Waals surface area contributed by atoms with Crippen molar-refractivity contribution in [2.45, 2.75) is 51.6 Å². The van der Waals surface area contributed by atoms with E-state index in [-0.39, 0.29) is 11.5 Å². The quantitative estimate of drug-likeness (QED) is 0.439. The Labute approximate surface area is 130 Å². The van der Waals surface area contributed by atoms with Crippen molar-refractivity contribution in [3.05, 3.63) is 21.6 Å². The van der Waals surface area contributed by atoms with Gasteiger partial charge in [-0.15, -0.1) is 0 Å². The molecule has 0 aromatic carbocycles. The van der Waals surface area contributed by atoms with Crippen LogP contribution in [0.15, 0.2) is 9.95 Å². The second-order valence-corrected chi connectivity index (χ2v) is 6.32. The van der Waals surface area contributed by atoms with Gasteiger partial charge in [0, 0.05) is 24.2 Å². The van der Waals surface area contributed by atoms with Crippen molar-refractivity contribution in [1.29, 1.82) is 0 Å². The fourth-order valence-electron chi connectivity index (χ4n) is 2.04. The molecule has 1 aromatic heterocycles. The molecular weight excluding hydrogens is 286 g/mol. The van der Waals surface area contributed by atoms with Crippen molar-refractivity contribution >= 4 is 17.7 Å². The van der Waals surface area contributed by atoms with Gasteiger partial charge in [0.25, 0.3) is 5.56 Å². The maximum atomic E-state index is 11.9. The minimum Gasteiger partial charge on any atom is -0.356 e. The van der Waals surface area contributed by atoms with Gasteiger partial charge in [-0.05, 0) is 38.4 Å². The molecule has 1 amide bonds. The summed E-state index contributed by atoms with van der Waals surface area (Å²) in [6.45, 7) is 6.85. The van der Waals surface area contributed by atoms with Gasteiger partial charge in [-0.25, -0.2) is 4.98 Å². The minimum absolute atomic E-state index is 0.00787. The highest BCUT2D eigenvalue weighted by atomic mass is 32.2. The molecule has 5 nitrogen and oxygen atoms in total. The molecule has 1 heterocycles. The van der Waals surface area contributed by atoms with E-state index in [2.05, 4.69) is 29.1 Å². The molecule has 1 rings (SSSR count). The molecule has 0 saturated heterocycles. The van der Waals surface area contributed by atoms with E-state index in [0.717, 1.165) is 12.8 Å². The second-order valence-electron chi connectivity index (χ2n) is 5.53. The van der Waals surface area contributed by atoms with Gasteiger partial charge in [-0.2, -0.15) is 0 Å². The zero-order valence-corrected chi connectivity index (χ0v) is 14.1. The normalized spacial score (nSPS) is 10.9. The van der Waals surface area contributed by atoms with E-state index in [1.807, 2.05) is 13.2 Å². The third kappa shape index (κ3) is 6.33. The van der Waals surface area contributed by atoms with Gasteiger partial charge in [0.05, 0.1) is 0 Å². The van der Waals surface area contributed by atoms with E-state index in [1.165, 1.54) is 11.8 Å². The molecule has 118 valence electrons. The van der Waals surface area contributed by atoms with E-state index in [0.29, 0.717) is 41.7 Å². The number of nitrogens with one attached hydrogen (secondary N) is 2. The maximum absolute atomic E-state index is 11.9. The molecule has 0 atom stereocenters. The average Bonchev–Trinajstić information content (AvgIpc) is 2.42. The number of H-pyrrole nitrogens is 1. The van der Waals surface area contributed by atoms with Crippen LogP contribution in [0.2, 0.25) is 0 Å². The smallest absolute Gasteiger partial charge is 0.254 e. The van der Waals surface area contributed by atoms with Crippen LogP contribution in [-0.2, 0) is 11.2 Å². The predicted molar refractivity (Wildman–Crippen MR) is 86.8 cm³/mol. The molecule has 21 heavy (non-hydrogen) atoms. The number of carbonyl (C=O) groups excluding carboxylic acids is 1. The van der Waals surface area contributed by atoms with Crippen LogP contribution in [0.1, 0.15) is 44.4 Å². The van der Waals surface area contributed by atoms with Gasteiger partial charge in [-0.3, -0.25) is 9.59 Å².